The number of carbonyl (C=O) groups is 2. The molecule has 1 heterocycles. The van der Waals surface area contributed by atoms with Crippen molar-refractivity contribution in [3.05, 3.63) is 76.2 Å². The summed E-state index contributed by atoms with van der Waals surface area (Å²) >= 11 is 1.02. The molecule has 0 atom stereocenters. The fourth-order valence-corrected chi connectivity index (χ4v) is 3.03. The fraction of sp³-hybridized carbons (Fsp3) is 0.143. The summed E-state index contributed by atoms with van der Waals surface area (Å²) in [7, 11) is 1.25. The third kappa shape index (κ3) is 6.05. The summed E-state index contributed by atoms with van der Waals surface area (Å²) in [6, 6.07) is 15.6. The van der Waals surface area contributed by atoms with Gasteiger partial charge in [0.15, 0.2) is 5.17 Å². The van der Waals surface area contributed by atoms with Crippen molar-refractivity contribution in [3.63, 3.8) is 0 Å². The van der Waals surface area contributed by atoms with Crippen molar-refractivity contribution in [2.75, 3.05) is 7.11 Å². The minimum absolute atomic E-state index is 0.209. The number of hydrogen-bond acceptors (Lipinski definition) is 7. The van der Waals surface area contributed by atoms with Gasteiger partial charge >= 0.3 is 5.97 Å². The predicted molar refractivity (Wildman–Crippen MR) is 113 cm³/mol. The number of methoxy groups -OCH3 is 1. The topological polar surface area (TPSA) is 89.3 Å². The van der Waals surface area contributed by atoms with E-state index in [9.17, 15) is 9.59 Å². The number of amidine groups is 1. The molecule has 1 N–H and O–H groups in total. The van der Waals surface area contributed by atoms with Crippen LogP contribution in [0.25, 0.3) is 0 Å². The molecule has 1 fully saturated rings. The molecule has 1 aliphatic heterocycles. The molecule has 0 unspecified atom stereocenters. The van der Waals surface area contributed by atoms with Crippen LogP contribution in [-0.4, -0.2) is 30.4 Å². The van der Waals surface area contributed by atoms with Gasteiger partial charge in [-0.3, -0.25) is 10.1 Å². The molecule has 2 aromatic rings. The van der Waals surface area contributed by atoms with Gasteiger partial charge < -0.3 is 9.47 Å². The van der Waals surface area contributed by atoms with E-state index in [0.29, 0.717) is 11.8 Å². The van der Waals surface area contributed by atoms with Crippen LogP contribution in [0.4, 0.5) is 0 Å². The first-order valence-electron chi connectivity index (χ1n) is 8.72. The summed E-state index contributed by atoms with van der Waals surface area (Å²) in [6.45, 7) is 2.55. The molecule has 0 saturated carbocycles. The lowest BCUT2D eigenvalue weighted by Crippen LogP contribution is -2.19. The van der Waals surface area contributed by atoms with Crippen LogP contribution >= 0.6 is 11.8 Å². The number of thioether (sulfide) groups is 1. The van der Waals surface area contributed by atoms with Crippen LogP contribution in [0.1, 0.15) is 16.7 Å². The van der Waals surface area contributed by atoms with Crippen molar-refractivity contribution in [2.45, 2.75) is 13.5 Å². The molecule has 8 heteroatoms. The van der Waals surface area contributed by atoms with Gasteiger partial charge in [-0.1, -0.05) is 29.8 Å². The molecule has 7 nitrogen and oxygen atoms in total. The molecular weight excluding hydrogens is 390 g/mol. The molecule has 1 amide bonds. The lowest BCUT2D eigenvalue weighted by atomic mass is 10.2. The van der Waals surface area contributed by atoms with E-state index in [4.69, 9.17) is 4.74 Å². The number of nitrogens with one attached hydrogen (secondary N) is 1. The zero-order chi connectivity index (χ0) is 20.6. The van der Waals surface area contributed by atoms with Crippen molar-refractivity contribution >= 4 is 35.0 Å². The summed E-state index contributed by atoms with van der Waals surface area (Å²) in [4.78, 5) is 23.2. The monoisotopic (exact) mass is 409 g/mol. The second kappa shape index (κ2) is 9.70. The lowest BCUT2D eigenvalue weighted by Gasteiger charge is -2.06. The van der Waals surface area contributed by atoms with E-state index < -0.39 is 11.9 Å². The fourth-order valence-electron chi connectivity index (χ4n) is 2.29. The summed E-state index contributed by atoms with van der Waals surface area (Å²) < 4.78 is 10.3. The zero-order valence-electron chi connectivity index (χ0n) is 15.9. The van der Waals surface area contributed by atoms with E-state index in [1.807, 2.05) is 43.3 Å². The molecular formula is C21H19N3O4S. The molecule has 0 radical (unpaired) electrons. The maximum Gasteiger partial charge on any atom is 0.331 e. The quantitative estimate of drug-likeness (QED) is 0.343. The number of aryl methyl sites for hydroxylation is 1. The SMILES string of the molecule is COC(=O)/C=C1/S/C(=N\N=Cc2ccc(OCc3ccc(C)cc3)cc2)NC1=O. The summed E-state index contributed by atoms with van der Waals surface area (Å²) in [5, 5.41) is 10.7. The van der Waals surface area contributed by atoms with Crippen molar-refractivity contribution in [2.24, 2.45) is 10.2 Å². The molecule has 2 aromatic carbocycles. The Balaban J connectivity index is 1.54. The Bertz CT molecular complexity index is 980. The Kier molecular flexibility index (Phi) is 6.80. The smallest absolute Gasteiger partial charge is 0.331 e. The number of amides is 1. The number of hydrogen-bond donors (Lipinski definition) is 1. The summed E-state index contributed by atoms with van der Waals surface area (Å²) in [5.41, 5.74) is 3.15. The Morgan fingerprint density at radius 1 is 1.14 bits per heavy atom. The Morgan fingerprint density at radius 3 is 2.55 bits per heavy atom. The first kappa shape index (κ1) is 20.3. The first-order valence-corrected chi connectivity index (χ1v) is 9.53. The van der Waals surface area contributed by atoms with Crippen LogP contribution in [0, 0.1) is 6.92 Å². The highest BCUT2D eigenvalue weighted by Gasteiger charge is 2.24. The van der Waals surface area contributed by atoms with Crippen molar-refractivity contribution < 1.29 is 19.1 Å². The average molecular weight is 409 g/mol. The predicted octanol–water partition coefficient (Wildman–Crippen LogP) is 3.18. The average Bonchev–Trinajstić information content (AvgIpc) is 3.07. The number of nitrogens with zero attached hydrogens (tertiary/aromatic N) is 2. The van der Waals surface area contributed by atoms with Crippen LogP contribution in [0.2, 0.25) is 0 Å². The van der Waals surface area contributed by atoms with Crippen molar-refractivity contribution in [3.8, 4) is 5.75 Å². The van der Waals surface area contributed by atoms with Crippen molar-refractivity contribution in [1.82, 2.24) is 5.32 Å². The van der Waals surface area contributed by atoms with Crippen LogP contribution < -0.4 is 10.1 Å². The summed E-state index contributed by atoms with van der Waals surface area (Å²) in [6.07, 6.45) is 2.67. The van der Waals surface area contributed by atoms with E-state index in [-0.39, 0.29) is 4.91 Å². The molecule has 1 saturated heterocycles. The molecule has 29 heavy (non-hydrogen) atoms. The molecule has 0 bridgehead atoms. The third-order valence-corrected chi connectivity index (χ3v) is 4.76. The first-order chi connectivity index (χ1) is 14.0. The highest BCUT2D eigenvalue weighted by atomic mass is 32.2. The van der Waals surface area contributed by atoms with Gasteiger partial charge in [-0.05, 0) is 54.1 Å². The zero-order valence-corrected chi connectivity index (χ0v) is 16.7. The van der Waals surface area contributed by atoms with E-state index in [1.54, 1.807) is 6.21 Å². The van der Waals surface area contributed by atoms with E-state index in [0.717, 1.165) is 34.7 Å². The highest BCUT2D eigenvalue weighted by Crippen LogP contribution is 2.23. The van der Waals surface area contributed by atoms with Gasteiger partial charge in [0, 0.05) is 6.08 Å². The number of benzene rings is 2. The van der Waals surface area contributed by atoms with Crippen LogP contribution in [-0.2, 0) is 20.9 Å². The maximum absolute atomic E-state index is 11.7. The van der Waals surface area contributed by atoms with Gasteiger partial charge in [0.25, 0.3) is 5.91 Å². The van der Waals surface area contributed by atoms with Gasteiger partial charge in [-0.2, -0.15) is 5.10 Å². The summed E-state index contributed by atoms with van der Waals surface area (Å²) in [5.74, 6) is -0.258. The Labute approximate surface area is 172 Å². The minimum atomic E-state index is -0.600. The van der Waals surface area contributed by atoms with Gasteiger partial charge in [-0.25, -0.2) is 4.79 Å². The Hall–Kier alpha value is -3.39. The largest absolute Gasteiger partial charge is 0.489 e. The van der Waals surface area contributed by atoms with Crippen LogP contribution in [0.15, 0.2) is 69.7 Å². The van der Waals surface area contributed by atoms with Crippen LogP contribution in [0.3, 0.4) is 0 Å². The molecule has 3 rings (SSSR count). The molecule has 0 aliphatic carbocycles. The number of rotatable bonds is 6. The van der Waals surface area contributed by atoms with E-state index in [2.05, 4.69) is 32.4 Å². The van der Waals surface area contributed by atoms with Crippen molar-refractivity contribution in [1.29, 1.82) is 0 Å². The van der Waals surface area contributed by atoms with Gasteiger partial charge in [-0.15, -0.1) is 5.10 Å². The van der Waals surface area contributed by atoms with Crippen LogP contribution in [0.5, 0.6) is 5.75 Å². The standard InChI is InChI=1S/C21H19N3O4S/c1-14-3-5-16(6-4-14)13-28-17-9-7-15(8-10-17)12-22-24-21-23-20(26)18(29-21)11-19(25)27-2/h3-12H,13H2,1-2H3,(H,23,24,26)/b18-11+,22-12?. The molecule has 148 valence electrons. The molecule has 0 spiro atoms. The number of esters is 1. The van der Waals surface area contributed by atoms with E-state index in [1.165, 1.54) is 12.7 Å². The second-order valence-electron chi connectivity index (χ2n) is 6.08. The normalized spacial score (nSPS) is 16.4. The van der Waals surface area contributed by atoms with Gasteiger partial charge in [0.1, 0.15) is 12.4 Å². The van der Waals surface area contributed by atoms with Gasteiger partial charge in [0.05, 0.1) is 18.2 Å². The lowest BCUT2D eigenvalue weighted by molar-refractivity contribution is -0.135. The molecule has 0 aromatic heterocycles. The highest BCUT2D eigenvalue weighted by molar-refractivity contribution is 8.18. The second-order valence-corrected chi connectivity index (χ2v) is 7.11. The number of carbonyl (C=O) groups excluding carboxylic acids is 2. The number of ether oxygens (including phenoxy) is 2. The Morgan fingerprint density at radius 2 is 1.86 bits per heavy atom. The maximum atomic E-state index is 11.7. The minimum Gasteiger partial charge on any atom is -0.489 e. The van der Waals surface area contributed by atoms with E-state index >= 15 is 0 Å². The third-order valence-electron chi connectivity index (χ3n) is 3.86. The van der Waals surface area contributed by atoms with Gasteiger partial charge in [0.2, 0.25) is 0 Å². The molecule has 1 aliphatic rings.